The Morgan fingerprint density at radius 2 is 2.15 bits per heavy atom. The van der Waals surface area contributed by atoms with E-state index in [4.69, 9.17) is 0 Å². The minimum atomic E-state index is -0.247. The molecule has 7 nitrogen and oxygen atoms in total. The van der Waals surface area contributed by atoms with E-state index in [0.717, 1.165) is 0 Å². The lowest BCUT2D eigenvalue weighted by Crippen LogP contribution is -2.27. The summed E-state index contributed by atoms with van der Waals surface area (Å²) < 4.78 is 1.36. The largest absolute Gasteiger partial charge is 0.297 e. The first-order chi connectivity index (χ1) is 6.18. The molecule has 0 spiro atoms. The number of amides is 1. The molecule has 1 aromatic heterocycles. The van der Waals surface area contributed by atoms with Gasteiger partial charge >= 0.3 is 0 Å². The van der Waals surface area contributed by atoms with Gasteiger partial charge in [-0.1, -0.05) is 5.10 Å². The van der Waals surface area contributed by atoms with Crippen LogP contribution in [0.2, 0.25) is 0 Å². The van der Waals surface area contributed by atoms with Gasteiger partial charge in [-0.05, 0) is 10.4 Å². The first kappa shape index (κ1) is 7.84. The van der Waals surface area contributed by atoms with Crippen LogP contribution in [0.3, 0.4) is 0 Å². The van der Waals surface area contributed by atoms with Crippen molar-refractivity contribution in [3.63, 3.8) is 0 Å². The van der Waals surface area contributed by atoms with Crippen molar-refractivity contribution in [1.29, 1.82) is 0 Å². The molecule has 0 aliphatic carbocycles. The Kier molecular flexibility index (Phi) is 1.57. The Bertz CT molecular complexity index is 371. The highest BCUT2D eigenvalue weighted by Gasteiger charge is 2.31. The zero-order chi connectivity index (χ0) is 9.42. The maximum absolute atomic E-state index is 11.2. The lowest BCUT2D eigenvalue weighted by Gasteiger charge is -2.10. The van der Waals surface area contributed by atoms with Crippen LogP contribution in [0.25, 0.3) is 0 Å². The number of tetrazole rings is 1. The Morgan fingerprint density at radius 3 is 2.62 bits per heavy atom. The van der Waals surface area contributed by atoms with E-state index >= 15 is 0 Å². The Morgan fingerprint density at radius 1 is 1.38 bits per heavy atom. The fraction of sp³-hybridized carbons (Fsp3) is 0.500. The van der Waals surface area contributed by atoms with Crippen molar-refractivity contribution in [3.8, 4) is 0 Å². The maximum atomic E-state index is 11.2. The van der Waals surface area contributed by atoms with Gasteiger partial charge in [0.2, 0.25) is 5.91 Å². The minimum Gasteiger partial charge on any atom is -0.297 e. The number of rotatable bonds is 1. The third-order valence-electron chi connectivity index (χ3n) is 1.82. The van der Waals surface area contributed by atoms with E-state index < -0.39 is 0 Å². The number of carbonyl (C=O) groups is 2. The van der Waals surface area contributed by atoms with Gasteiger partial charge in [-0.15, -0.1) is 0 Å². The summed E-state index contributed by atoms with van der Waals surface area (Å²) >= 11 is 0. The lowest BCUT2D eigenvalue weighted by molar-refractivity contribution is -0.121. The topological polar surface area (TPSA) is 81.0 Å². The molecule has 1 saturated heterocycles. The molecule has 2 heterocycles. The summed E-state index contributed by atoms with van der Waals surface area (Å²) in [6.45, 7) is 0.0764. The monoisotopic (exact) mass is 181 g/mol. The van der Waals surface area contributed by atoms with E-state index in [2.05, 4.69) is 15.5 Å². The van der Waals surface area contributed by atoms with Crippen molar-refractivity contribution in [2.45, 2.75) is 6.42 Å². The summed E-state index contributed by atoms with van der Waals surface area (Å²) in [5.41, 5.74) is 0. The molecule has 68 valence electrons. The number of hydrogen-bond donors (Lipinski definition) is 0. The van der Waals surface area contributed by atoms with Crippen molar-refractivity contribution >= 4 is 17.6 Å². The van der Waals surface area contributed by atoms with Gasteiger partial charge in [0, 0.05) is 7.05 Å². The second-order valence-electron chi connectivity index (χ2n) is 2.80. The van der Waals surface area contributed by atoms with Crippen LogP contribution < -0.4 is 4.90 Å². The predicted octanol–water partition coefficient (Wildman–Crippen LogP) is -1.48. The third kappa shape index (κ3) is 1.17. The smallest absolute Gasteiger partial charge is 0.252 e. The Labute approximate surface area is 73.3 Å². The summed E-state index contributed by atoms with van der Waals surface area (Å²) in [6.07, 6.45) is -0.0488. The summed E-state index contributed by atoms with van der Waals surface area (Å²) in [6, 6.07) is 0. The van der Waals surface area contributed by atoms with Gasteiger partial charge < -0.3 is 0 Å². The first-order valence-corrected chi connectivity index (χ1v) is 3.73. The number of aryl methyl sites for hydroxylation is 1. The number of aromatic nitrogens is 4. The highest BCUT2D eigenvalue weighted by atomic mass is 16.2. The van der Waals surface area contributed by atoms with E-state index in [1.807, 2.05) is 0 Å². The van der Waals surface area contributed by atoms with Gasteiger partial charge in [-0.2, -0.15) is 0 Å². The van der Waals surface area contributed by atoms with E-state index in [0.29, 0.717) is 5.95 Å². The Balaban J connectivity index is 2.32. The summed E-state index contributed by atoms with van der Waals surface area (Å²) in [5, 5.41) is 10.6. The number of anilines is 1. The number of hydrogen-bond acceptors (Lipinski definition) is 5. The van der Waals surface area contributed by atoms with Crippen molar-refractivity contribution in [3.05, 3.63) is 0 Å². The molecule has 0 atom stereocenters. The second-order valence-corrected chi connectivity index (χ2v) is 2.80. The molecule has 1 aliphatic heterocycles. The highest BCUT2D eigenvalue weighted by Crippen LogP contribution is 2.14. The van der Waals surface area contributed by atoms with Gasteiger partial charge in [0.15, 0.2) is 5.78 Å². The quantitative estimate of drug-likeness (QED) is 0.493. The SMILES string of the molecule is Cn1nnnc1N1CC(=O)CC1=O. The molecule has 0 aromatic carbocycles. The third-order valence-corrected chi connectivity index (χ3v) is 1.82. The Hall–Kier alpha value is -1.79. The molecule has 2 rings (SSSR count). The van der Waals surface area contributed by atoms with Crippen molar-refractivity contribution in [2.75, 3.05) is 11.4 Å². The molecule has 1 fully saturated rings. The second kappa shape index (κ2) is 2.61. The van der Waals surface area contributed by atoms with Crippen LogP contribution in [0.4, 0.5) is 5.95 Å². The highest BCUT2D eigenvalue weighted by molar-refractivity contribution is 6.14. The van der Waals surface area contributed by atoms with Crippen LogP contribution in [0.15, 0.2) is 0 Å². The molecule has 1 amide bonds. The molecule has 0 N–H and O–H groups in total. The first-order valence-electron chi connectivity index (χ1n) is 3.73. The summed E-state index contributed by atoms with van der Waals surface area (Å²) in [7, 11) is 1.62. The number of Topliss-reactive ketones (excluding diaryl/α,β-unsaturated/α-hetero) is 1. The maximum Gasteiger partial charge on any atom is 0.252 e. The molecular formula is C6H7N5O2. The van der Waals surface area contributed by atoms with Crippen LogP contribution in [0.1, 0.15) is 6.42 Å². The zero-order valence-electron chi connectivity index (χ0n) is 6.97. The molecule has 0 bridgehead atoms. The number of carbonyl (C=O) groups excluding carboxylic acids is 2. The van der Waals surface area contributed by atoms with E-state index in [9.17, 15) is 9.59 Å². The summed E-state index contributed by atoms with van der Waals surface area (Å²) in [4.78, 5) is 23.4. The van der Waals surface area contributed by atoms with Crippen LogP contribution >= 0.6 is 0 Å². The average Bonchev–Trinajstić information content (AvgIpc) is 2.58. The zero-order valence-corrected chi connectivity index (χ0v) is 6.97. The van der Waals surface area contributed by atoms with Crippen LogP contribution in [0, 0.1) is 0 Å². The van der Waals surface area contributed by atoms with E-state index in [1.54, 1.807) is 7.05 Å². The van der Waals surface area contributed by atoms with Gasteiger partial charge in [0.05, 0.1) is 13.0 Å². The van der Waals surface area contributed by atoms with Crippen molar-refractivity contribution in [2.24, 2.45) is 7.05 Å². The molecule has 0 unspecified atom stereocenters. The molecule has 0 saturated carbocycles. The fourth-order valence-electron chi connectivity index (χ4n) is 1.22. The van der Waals surface area contributed by atoms with Crippen molar-refractivity contribution < 1.29 is 9.59 Å². The standard InChI is InChI=1S/C6H7N5O2/c1-10-6(7-8-9-10)11-3-4(12)2-5(11)13/h2-3H2,1H3. The van der Waals surface area contributed by atoms with Gasteiger partial charge in [-0.3, -0.25) is 14.5 Å². The lowest BCUT2D eigenvalue weighted by atomic mass is 10.3. The molecule has 1 aliphatic rings. The van der Waals surface area contributed by atoms with Crippen LogP contribution in [-0.2, 0) is 16.6 Å². The summed E-state index contributed by atoms with van der Waals surface area (Å²) in [5.74, 6) is -0.0354. The van der Waals surface area contributed by atoms with Gasteiger partial charge in [-0.25, -0.2) is 4.68 Å². The van der Waals surface area contributed by atoms with Gasteiger partial charge in [0.1, 0.15) is 0 Å². The fourth-order valence-corrected chi connectivity index (χ4v) is 1.22. The van der Waals surface area contributed by atoms with Crippen molar-refractivity contribution in [1.82, 2.24) is 20.2 Å². The van der Waals surface area contributed by atoms with Gasteiger partial charge in [0.25, 0.3) is 5.95 Å². The van der Waals surface area contributed by atoms with E-state index in [1.165, 1.54) is 9.58 Å². The molecule has 13 heavy (non-hydrogen) atoms. The number of nitrogens with zero attached hydrogens (tertiary/aromatic N) is 5. The predicted molar refractivity (Wildman–Crippen MR) is 40.8 cm³/mol. The average molecular weight is 181 g/mol. The molecule has 1 aromatic rings. The van der Waals surface area contributed by atoms with Crippen LogP contribution in [-0.4, -0.2) is 38.4 Å². The molecule has 7 heteroatoms. The molecular weight excluding hydrogens is 174 g/mol. The number of ketones is 1. The van der Waals surface area contributed by atoms with E-state index in [-0.39, 0.29) is 24.7 Å². The minimum absolute atomic E-state index is 0.0488. The normalized spacial score (nSPS) is 17.2. The van der Waals surface area contributed by atoms with Crippen LogP contribution in [0.5, 0.6) is 0 Å². The molecule has 0 radical (unpaired) electrons.